The van der Waals surface area contributed by atoms with Crippen molar-refractivity contribution in [3.05, 3.63) is 35.9 Å². The van der Waals surface area contributed by atoms with Crippen molar-refractivity contribution in [1.82, 2.24) is 5.23 Å². The fourth-order valence-electron chi connectivity index (χ4n) is 1.41. The predicted molar refractivity (Wildman–Crippen MR) is 62.4 cm³/mol. The summed E-state index contributed by atoms with van der Waals surface area (Å²) in [7, 11) is 5.13. The van der Waals surface area contributed by atoms with Gasteiger partial charge in [-0.2, -0.15) is 0 Å². The molecule has 0 saturated carbocycles. The van der Waals surface area contributed by atoms with Gasteiger partial charge in [0.25, 0.3) is 0 Å². The van der Waals surface area contributed by atoms with Crippen molar-refractivity contribution in [2.24, 2.45) is 5.41 Å². The average molecular weight is 201 g/mol. The quantitative estimate of drug-likeness (QED) is 0.740. The highest BCUT2D eigenvalue weighted by molar-refractivity contribution is 6.15. The van der Waals surface area contributed by atoms with Gasteiger partial charge in [-0.1, -0.05) is 44.2 Å². The molecule has 0 heterocycles. The lowest BCUT2D eigenvalue weighted by atomic mass is 9.85. The standard InChI is InChI=1S/C12H16BNO/c1-12(2,11(15)14-13)9-8-10-6-4-3-5-7-10/h3-7H,8-9H2,1-2H3,(H,14,15). The van der Waals surface area contributed by atoms with Gasteiger partial charge < -0.3 is 5.23 Å². The van der Waals surface area contributed by atoms with Crippen LogP contribution in [-0.4, -0.2) is 13.9 Å². The van der Waals surface area contributed by atoms with Gasteiger partial charge in [0.1, 0.15) is 0 Å². The number of aryl methyl sites for hydroxylation is 1. The van der Waals surface area contributed by atoms with E-state index >= 15 is 0 Å². The maximum Gasteiger partial charge on any atom is 0.226 e. The lowest BCUT2D eigenvalue weighted by molar-refractivity contribution is -0.127. The van der Waals surface area contributed by atoms with E-state index in [1.165, 1.54) is 5.56 Å². The summed E-state index contributed by atoms with van der Waals surface area (Å²) in [6.07, 6.45) is 1.68. The van der Waals surface area contributed by atoms with Crippen molar-refractivity contribution in [1.29, 1.82) is 0 Å². The predicted octanol–water partition coefficient (Wildman–Crippen LogP) is 1.85. The van der Waals surface area contributed by atoms with Gasteiger partial charge in [0.15, 0.2) is 0 Å². The highest BCUT2D eigenvalue weighted by Gasteiger charge is 2.25. The summed E-state index contributed by atoms with van der Waals surface area (Å²) < 4.78 is 0. The van der Waals surface area contributed by atoms with E-state index in [1.54, 1.807) is 0 Å². The molecule has 0 bridgehead atoms. The Bertz CT molecular complexity index is 322. The van der Waals surface area contributed by atoms with Gasteiger partial charge in [-0.25, -0.2) is 0 Å². The van der Waals surface area contributed by atoms with E-state index in [9.17, 15) is 4.79 Å². The maximum absolute atomic E-state index is 11.4. The topological polar surface area (TPSA) is 29.1 Å². The normalized spacial score (nSPS) is 11.1. The van der Waals surface area contributed by atoms with Crippen LogP contribution in [0.15, 0.2) is 30.3 Å². The summed E-state index contributed by atoms with van der Waals surface area (Å²) in [5.74, 6) is -0.113. The van der Waals surface area contributed by atoms with Crippen LogP contribution >= 0.6 is 0 Å². The Morgan fingerprint density at radius 2 is 1.93 bits per heavy atom. The number of rotatable bonds is 4. The van der Waals surface area contributed by atoms with Crippen LogP contribution in [0.5, 0.6) is 0 Å². The Kier molecular flexibility index (Phi) is 3.95. The fraction of sp³-hybridized carbons (Fsp3) is 0.417. The molecular formula is C12H16BNO. The first-order valence-corrected chi connectivity index (χ1v) is 5.11. The second-order valence-electron chi connectivity index (χ2n) is 4.34. The van der Waals surface area contributed by atoms with Crippen molar-refractivity contribution in [3.63, 3.8) is 0 Å². The van der Waals surface area contributed by atoms with Crippen LogP contribution < -0.4 is 5.23 Å². The average Bonchev–Trinajstić information content (AvgIpc) is 2.27. The van der Waals surface area contributed by atoms with Crippen molar-refractivity contribution in [2.75, 3.05) is 0 Å². The van der Waals surface area contributed by atoms with Crippen LogP contribution in [0, 0.1) is 5.41 Å². The van der Waals surface area contributed by atoms with E-state index in [2.05, 4.69) is 17.4 Å². The Morgan fingerprint density at radius 3 is 2.47 bits per heavy atom. The van der Waals surface area contributed by atoms with Crippen molar-refractivity contribution in [3.8, 4) is 0 Å². The molecule has 2 radical (unpaired) electrons. The molecule has 1 aromatic rings. The summed E-state index contributed by atoms with van der Waals surface area (Å²) in [5, 5.41) is 2.20. The second kappa shape index (κ2) is 5.01. The molecule has 0 fully saturated rings. The highest BCUT2D eigenvalue weighted by atomic mass is 16.1. The Morgan fingerprint density at radius 1 is 1.33 bits per heavy atom. The molecule has 1 N–H and O–H groups in total. The van der Waals surface area contributed by atoms with E-state index in [0.29, 0.717) is 0 Å². The lowest BCUT2D eigenvalue weighted by Crippen LogP contribution is -2.35. The summed E-state index contributed by atoms with van der Waals surface area (Å²) in [6.45, 7) is 3.80. The summed E-state index contributed by atoms with van der Waals surface area (Å²) in [5.41, 5.74) is 0.834. The minimum Gasteiger partial charge on any atom is -0.409 e. The Labute approximate surface area is 92.5 Å². The van der Waals surface area contributed by atoms with Gasteiger partial charge in [0.05, 0.1) is 0 Å². The number of nitrogens with one attached hydrogen (secondary N) is 1. The first-order valence-electron chi connectivity index (χ1n) is 5.11. The van der Waals surface area contributed by atoms with Crippen molar-refractivity contribution < 1.29 is 4.79 Å². The number of amides is 1. The maximum atomic E-state index is 11.4. The summed E-state index contributed by atoms with van der Waals surface area (Å²) in [4.78, 5) is 11.4. The minimum atomic E-state index is -0.412. The zero-order valence-electron chi connectivity index (χ0n) is 9.29. The van der Waals surface area contributed by atoms with Gasteiger partial charge >= 0.3 is 0 Å². The van der Waals surface area contributed by atoms with E-state index in [1.807, 2.05) is 32.0 Å². The van der Waals surface area contributed by atoms with E-state index in [0.717, 1.165) is 12.8 Å². The van der Waals surface area contributed by atoms with E-state index < -0.39 is 5.41 Å². The molecule has 78 valence electrons. The zero-order chi connectivity index (χ0) is 11.3. The molecule has 0 aromatic heterocycles. The van der Waals surface area contributed by atoms with Gasteiger partial charge in [-0.15, -0.1) is 0 Å². The lowest BCUT2D eigenvalue weighted by Gasteiger charge is -2.22. The smallest absolute Gasteiger partial charge is 0.226 e. The minimum absolute atomic E-state index is 0.113. The van der Waals surface area contributed by atoms with Gasteiger partial charge in [-0.05, 0) is 18.4 Å². The van der Waals surface area contributed by atoms with E-state index in [4.69, 9.17) is 7.98 Å². The molecule has 0 atom stereocenters. The van der Waals surface area contributed by atoms with E-state index in [-0.39, 0.29) is 5.91 Å². The van der Waals surface area contributed by atoms with Crippen LogP contribution in [0.1, 0.15) is 25.8 Å². The Balaban J connectivity index is 2.53. The first kappa shape index (κ1) is 11.8. The molecule has 1 amide bonds. The fourth-order valence-corrected chi connectivity index (χ4v) is 1.41. The number of carbonyl (C=O) groups excluding carboxylic acids is 1. The van der Waals surface area contributed by atoms with Crippen molar-refractivity contribution in [2.45, 2.75) is 26.7 Å². The third kappa shape index (κ3) is 3.42. The number of benzene rings is 1. The van der Waals surface area contributed by atoms with Crippen molar-refractivity contribution >= 4 is 13.9 Å². The van der Waals surface area contributed by atoms with Gasteiger partial charge in [0.2, 0.25) is 13.9 Å². The molecule has 0 aliphatic rings. The monoisotopic (exact) mass is 201 g/mol. The third-order valence-corrected chi connectivity index (χ3v) is 2.63. The molecular weight excluding hydrogens is 185 g/mol. The van der Waals surface area contributed by atoms with Crippen LogP contribution in [0.4, 0.5) is 0 Å². The number of hydrogen-bond donors (Lipinski definition) is 1. The highest BCUT2D eigenvalue weighted by Crippen LogP contribution is 2.22. The molecule has 1 aromatic carbocycles. The zero-order valence-corrected chi connectivity index (χ0v) is 9.29. The molecule has 3 heteroatoms. The first-order chi connectivity index (χ1) is 7.06. The molecule has 0 saturated heterocycles. The number of hydrogen-bond acceptors (Lipinski definition) is 1. The van der Waals surface area contributed by atoms with Crippen LogP contribution in [0.3, 0.4) is 0 Å². The van der Waals surface area contributed by atoms with Crippen LogP contribution in [0.2, 0.25) is 0 Å². The van der Waals surface area contributed by atoms with Gasteiger partial charge in [-0.3, -0.25) is 4.79 Å². The van der Waals surface area contributed by atoms with Gasteiger partial charge in [0, 0.05) is 5.41 Å². The number of carbonyl (C=O) groups is 1. The molecule has 1 rings (SSSR count). The molecule has 0 aliphatic heterocycles. The Hall–Kier alpha value is -1.25. The largest absolute Gasteiger partial charge is 0.409 e. The SMILES string of the molecule is [B]NC(=O)C(C)(C)CCc1ccccc1. The molecule has 0 unspecified atom stereocenters. The molecule has 0 aliphatic carbocycles. The second-order valence-corrected chi connectivity index (χ2v) is 4.34. The molecule has 2 nitrogen and oxygen atoms in total. The summed E-state index contributed by atoms with van der Waals surface area (Å²) in [6, 6.07) is 10.1. The van der Waals surface area contributed by atoms with Crippen LogP contribution in [-0.2, 0) is 11.2 Å². The third-order valence-electron chi connectivity index (χ3n) is 2.63. The molecule has 0 spiro atoms. The van der Waals surface area contributed by atoms with Crippen LogP contribution in [0.25, 0.3) is 0 Å². The molecule has 15 heavy (non-hydrogen) atoms. The summed E-state index contributed by atoms with van der Waals surface area (Å²) >= 11 is 0.